The molecule has 1 aliphatic rings. The molecule has 0 heterocycles. The van der Waals surface area contributed by atoms with Crippen molar-refractivity contribution in [3.8, 4) is 0 Å². The molecule has 1 amide bonds. The smallest absolute Gasteiger partial charge is 0.398 e. The van der Waals surface area contributed by atoms with Crippen LogP contribution >= 0.6 is 29.6 Å². The van der Waals surface area contributed by atoms with Gasteiger partial charge in [-0.2, -0.15) is 0 Å². The lowest BCUT2D eigenvalue weighted by Gasteiger charge is -2.36. The van der Waals surface area contributed by atoms with E-state index < -0.39 is 34.6 Å². The van der Waals surface area contributed by atoms with Crippen LogP contribution < -0.4 is 0 Å². The molecule has 2 rings (SSSR count). The number of hydrogen-bond acceptors (Lipinski definition) is 8. The molecule has 1 aliphatic carbocycles. The van der Waals surface area contributed by atoms with Crippen LogP contribution in [0.4, 0.5) is 0 Å². The molecule has 0 N–H and O–H groups in total. The lowest BCUT2D eigenvalue weighted by Crippen LogP contribution is -2.42. The van der Waals surface area contributed by atoms with E-state index in [2.05, 4.69) is 6.58 Å². The Kier molecular flexibility index (Phi) is 9.39. The molecule has 9 nitrogen and oxygen atoms in total. The van der Waals surface area contributed by atoms with Gasteiger partial charge >= 0.3 is 18.5 Å². The molecular formula is C19H27ClN3O6PS2. The minimum atomic E-state index is -4.28. The SMILES string of the molecule is C=CCN(C(=O)C(=O)OCN(C)C)P(=O)(SCC)N(C1CC1)S(=O)(=O)c1ccc(Cl)cc1. The van der Waals surface area contributed by atoms with E-state index in [1.165, 1.54) is 35.2 Å². The van der Waals surface area contributed by atoms with Crippen LogP contribution in [0.5, 0.6) is 0 Å². The number of carbonyl (C=O) groups is 2. The summed E-state index contributed by atoms with van der Waals surface area (Å²) in [6.45, 7) is 0.635. The highest BCUT2D eigenvalue weighted by atomic mass is 35.5. The fraction of sp³-hybridized carbons (Fsp3) is 0.474. The summed E-state index contributed by atoms with van der Waals surface area (Å²) in [7, 11) is -0.994. The highest BCUT2D eigenvalue weighted by Gasteiger charge is 2.54. The predicted octanol–water partition coefficient (Wildman–Crippen LogP) is 3.43. The fourth-order valence-corrected chi connectivity index (χ4v) is 11.7. The average molecular weight is 524 g/mol. The highest BCUT2D eigenvalue weighted by molar-refractivity contribution is 8.57. The molecule has 0 spiro atoms. The molecule has 1 aromatic rings. The lowest BCUT2D eigenvalue weighted by atomic mass is 10.4. The van der Waals surface area contributed by atoms with E-state index >= 15 is 0 Å². The van der Waals surface area contributed by atoms with Gasteiger partial charge in [0, 0.05) is 23.4 Å². The van der Waals surface area contributed by atoms with Crippen LogP contribution in [0, 0.1) is 0 Å². The zero-order valence-electron chi connectivity index (χ0n) is 18.1. The van der Waals surface area contributed by atoms with Crippen molar-refractivity contribution in [3.63, 3.8) is 0 Å². The van der Waals surface area contributed by atoms with Crippen molar-refractivity contribution in [2.24, 2.45) is 0 Å². The maximum absolute atomic E-state index is 14.4. The van der Waals surface area contributed by atoms with Gasteiger partial charge in [0.2, 0.25) is 0 Å². The molecule has 0 saturated heterocycles. The number of halogens is 1. The van der Waals surface area contributed by atoms with Crippen LogP contribution in [0.3, 0.4) is 0 Å². The molecule has 1 saturated carbocycles. The number of sulfonamides is 1. The standard InChI is InChI=1S/C19H27ClN3O6PS2/c1-5-13-22(18(24)19(25)29-14-21(3)4)30(26,31-6-2)23(16-9-10-16)32(27,28)17-11-7-15(20)8-12-17/h5,7-8,11-12,16H,1,6,9-10,13-14H2,2-4H3. The van der Waals surface area contributed by atoms with Gasteiger partial charge in [-0.25, -0.2) is 13.2 Å². The van der Waals surface area contributed by atoms with Gasteiger partial charge in [-0.15, -0.1) is 10.7 Å². The second-order valence-electron chi connectivity index (χ2n) is 7.19. The van der Waals surface area contributed by atoms with Gasteiger partial charge < -0.3 is 4.74 Å². The zero-order valence-corrected chi connectivity index (χ0v) is 21.4. The number of amides is 1. The Bertz CT molecular complexity index is 999. The molecule has 32 heavy (non-hydrogen) atoms. The number of esters is 1. The summed E-state index contributed by atoms with van der Waals surface area (Å²) < 4.78 is 48.2. The molecule has 0 bridgehead atoms. The zero-order chi connectivity index (χ0) is 24.1. The quantitative estimate of drug-likeness (QED) is 0.143. The number of rotatable bonds is 11. The van der Waals surface area contributed by atoms with Crippen LogP contribution in [-0.2, 0) is 28.9 Å². The number of nitrogens with zero attached hydrogens (tertiary/aromatic N) is 3. The minimum Gasteiger partial charge on any atom is -0.442 e. The van der Waals surface area contributed by atoms with Crippen LogP contribution in [0.25, 0.3) is 0 Å². The van der Waals surface area contributed by atoms with Crippen molar-refractivity contribution in [3.05, 3.63) is 41.9 Å². The normalized spacial score (nSPS) is 15.9. The van der Waals surface area contributed by atoms with Crippen molar-refractivity contribution in [1.29, 1.82) is 0 Å². The van der Waals surface area contributed by atoms with Crippen molar-refractivity contribution in [1.82, 2.24) is 13.6 Å². The monoisotopic (exact) mass is 523 g/mol. The third-order valence-electron chi connectivity index (χ3n) is 4.23. The van der Waals surface area contributed by atoms with Gasteiger partial charge in [0.05, 0.1) is 4.90 Å². The Morgan fingerprint density at radius 3 is 2.34 bits per heavy atom. The summed E-state index contributed by atoms with van der Waals surface area (Å²) in [5.41, 5.74) is 0. The molecule has 1 atom stereocenters. The van der Waals surface area contributed by atoms with Gasteiger partial charge in [-0.05, 0) is 51.2 Å². The third kappa shape index (κ3) is 6.15. The van der Waals surface area contributed by atoms with Gasteiger partial charge in [-0.1, -0.05) is 36.0 Å². The summed E-state index contributed by atoms with van der Waals surface area (Å²) in [4.78, 5) is 26.8. The molecule has 1 aromatic carbocycles. The Morgan fingerprint density at radius 2 is 1.88 bits per heavy atom. The Hall–Kier alpha value is -1.36. The predicted molar refractivity (Wildman–Crippen MR) is 126 cm³/mol. The maximum Gasteiger partial charge on any atom is 0.398 e. The maximum atomic E-state index is 14.4. The molecule has 1 unspecified atom stereocenters. The molecular weight excluding hydrogens is 497 g/mol. The molecule has 0 aromatic heterocycles. The molecule has 178 valence electrons. The first-order valence-electron chi connectivity index (χ1n) is 9.78. The van der Waals surface area contributed by atoms with E-state index in [0.717, 1.165) is 20.1 Å². The third-order valence-corrected chi connectivity index (χ3v) is 13.0. The van der Waals surface area contributed by atoms with E-state index in [4.69, 9.17) is 16.3 Å². The highest BCUT2D eigenvalue weighted by Crippen LogP contribution is 2.68. The second kappa shape index (κ2) is 11.2. The van der Waals surface area contributed by atoms with Gasteiger partial charge in [0.25, 0.3) is 10.0 Å². The van der Waals surface area contributed by atoms with E-state index in [0.29, 0.717) is 17.9 Å². The molecule has 0 radical (unpaired) electrons. The first kappa shape index (κ1) is 26.9. The number of carbonyl (C=O) groups excluding carboxylic acids is 2. The summed E-state index contributed by atoms with van der Waals surface area (Å²) in [6, 6.07) is 4.92. The van der Waals surface area contributed by atoms with Crippen molar-refractivity contribution in [2.75, 3.05) is 33.1 Å². The van der Waals surface area contributed by atoms with E-state index in [1.54, 1.807) is 21.0 Å². The average Bonchev–Trinajstić information content (AvgIpc) is 3.54. The molecule has 0 aliphatic heterocycles. The largest absolute Gasteiger partial charge is 0.442 e. The van der Waals surface area contributed by atoms with E-state index in [-0.39, 0.29) is 23.9 Å². The molecule has 1 fully saturated rings. The van der Waals surface area contributed by atoms with Crippen molar-refractivity contribution in [2.45, 2.75) is 30.7 Å². The Morgan fingerprint density at radius 1 is 1.28 bits per heavy atom. The van der Waals surface area contributed by atoms with Gasteiger partial charge in [0.1, 0.15) is 6.73 Å². The lowest BCUT2D eigenvalue weighted by molar-refractivity contribution is -0.160. The van der Waals surface area contributed by atoms with E-state index in [1.807, 2.05) is 0 Å². The number of benzene rings is 1. The number of hydrogen-bond donors (Lipinski definition) is 0. The summed E-state index contributed by atoms with van der Waals surface area (Å²) in [5.74, 6) is -2.17. The van der Waals surface area contributed by atoms with Crippen molar-refractivity contribution < 1.29 is 27.3 Å². The topological polar surface area (TPSA) is 104 Å². The van der Waals surface area contributed by atoms with Crippen molar-refractivity contribution >= 4 is 51.5 Å². The second-order valence-corrected chi connectivity index (χ2v) is 14.6. The summed E-state index contributed by atoms with van der Waals surface area (Å²) in [5, 5.41) is 0.347. The molecule has 13 heteroatoms. The fourth-order valence-electron chi connectivity index (χ4n) is 2.73. The van der Waals surface area contributed by atoms with Gasteiger partial charge in [0.15, 0.2) is 0 Å². The minimum absolute atomic E-state index is 0.105. The van der Waals surface area contributed by atoms with Gasteiger partial charge in [-0.3, -0.25) is 18.9 Å². The van der Waals surface area contributed by atoms with Crippen LogP contribution in [0.15, 0.2) is 41.8 Å². The van der Waals surface area contributed by atoms with Crippen LogP contribution in [0.1, 0.15) is 19.8 Å². The van der Waals surface area contributed by atoms with Crippen LogP contribution in [0.2, 0.25) is 5.02 Å². The Balaban J connectivity index is 2.55. The van der Waals surface area contributed by atoms with E-state index in [9.17, 15) is 22.6 Å². The van der Waals surface area contributed by atoms with Crippen LogP contribution in [-0.4, -0.2) is 73.1 Å². The summed E-state index contributed by atoms with van der Waals surface area (Å²) >= 11 is 6.70. The number of ether oxygens (including phenoxy) is 1. The first-order valence-corrected chi connectivity index (χ1v) is 14.8. The Labute approximate surface area is 198 Å². The summed E-state index contributed by atoms with van der Waals surface area (Å²) in [6.07, 6.45) is 2.27. The first-order chi connectivity index (χ1) is 15.0.